The minimum absolute atomic E-state index is 0.411. The predicted molar refractivity (Wildman–Crippen MR) is 69.7 cm³/mol. The zero-order valence-electron chi connectivity index (χ0n) is 10.4. The predicted octanol–water partition coefficient (Wildman–Crippen LogP) is 3.62. The average Bonchev–Trinajstić information content (AvgIpc) is 2.59. The van der Waals surface area contributed by atoms with Crippen LogP contribution in [0.25, 0.3) is 0 Å². The van der Waals surface area contributed by atoms with Gasteiger partial charge in [-0.3, -0.25) is 0 Å². The molecule has 0 saturated heterocycles. The molecule has 0 spiro atoms. The lowest BCUT2D eigenvalue weighted by atomic mass is 9.87. The van der Waals surface area contributed by atoms with Crippen molar-refractivity contribution in [3.63, 3.8) is 0 Å². The standard InChI is InChI=1S/C13H23NS/c1-5-14-10-13(3,4)9-8-12-7-6-11(2)15-12/h6-7,14H,5,8-10H2,1-4H3. The molecule has 0 bridgehead atoms. The molecule has 0 aliphatic carbocycles. The van der Waals surface area contributed by atoms with Crippen LogP contribution >= 0.6 is 11.3 Å². The summed E-state index contributed by atoms with van der Waals surface area (Å²) in [5, 5.41) is 3.43. The third-order valence-electron chi connectivity index (χ3n) is 2.70. The van der Waals surface area contributed by atoms with Gasteiger partial charge in [-0.2, -0.15) is 0 Å². The molecule has 1 heterocycles. The highest BCUT2D eigenvalue weighted by Crippen LogP contribution is 2.24. The Bertz CT molecular complexity index is 288. The van der Waals surface area contributed by atoms with Gasteiger partial charge in [-0.25, -0.2) is 0 Å². The Kier molecular flexibility index (Phi) is 4.81. The number of thiophene rings is 1. The van der Waals surface area contributed by atoms with Gasteiger partial charge >= 0.3 is 0 Å². The van der Waals surface area contributed by atoms with E-state index in [0.29, 0.717) is 5.41 Å². The van der Waals surface area contributed by atoms with Crippen LogP contribution in [-0.2, 0) is 6.42 Å². The minimum atomic E-state index is 0.411. The highest BCUT2D eigenvalue weighted by molar-refractivity contribution is 7.11. The molecule has 0 aromatic carbocycles. The molecule has 15 heavy (non-hydrogen) atoms. The second-order valence-corrected chi connectivity index (χ2v) is 6.33. The van der Waals surface area contributed by atoms with Crippen LogP contribution in [0.1, 0.15) is 36.9 Å². The first-order valence-corrected chi connectivity index (χ1v) is 6.61. The Hall–Kier alpha value is -0.340. The molecule has 1 rings (SSSR count). The maximum Gasteiger partial charge on any atom is 0.00482 e. The summed E-state index contributed by atoms with van der Waals surface area (Å²) in [5.41, 5.74) is 0.411. The molecule has 0 amide bonds. The molecule has 1 aromatic heterocycles. The van der Waals surface area contributed by atoms with Crippen LogP contribution in [0.4, 0.5) is 0 Å². The molecule has 1 nitrogen and oxygen atoms in total. The van der Waals surface area contributed by atoms with Crippen LogP contribution in [0.3, 0.4) is 0 Å². The summed E-state index contributed by atoms with van der Waals surface area (Å²) in [6, 6.07) is 4.49. The van der Waals surface area contributed by atoms with Crippen molar-refractivity contribution in [1.29, 1.82) is 0 Å². The lowest BCUT2D eigenvalue weighted by Crippen LogP contribution is -2.29. The highest BCUT2D eigenvalue weighted by atomic mass is 32.1. The summed E-state index contributed by atoms with van der Waals surface area (Å²) in [6.07, 6.45) is 2.48. The SMILES string of the molecule is CCNCC(C)(C)CCc1ccc(C)s1. The van der Waals surface area contributed by atoms with Crippen LogP contribution in [0.2, 0.25) is 0 Å². The number of rotatable bonds is 6. The quantitative estimate of drug-likeness (QED) is 0.779. The largest absolute Gasteiger partial charge is 0.316 e. The van der Waals surface area contributed by atoms with Crippen molar-refractivity contribution >= 4 is 11.3 Å². The third kappa shape index (κ3) is 4.80. The first-order valence-electron chi connectivity index (χ1n) is 5.79. The first kappa shape index (κ1) is 12.7. The molecule has 86 valence electrons. The molecule has 0 unspecified atom stereocenters. The lowest BCUT2D eigenvalue weighted by molar-refractivity contribution is 0.318. The van der Waals surface area contributed by atoms with E-state index in [1.165, 1.54) is 22.6 Å². The average molecular weight is 225 g/mol. The van der Waals surface area contributed by atoms with Crippen molar-refractivity contribution in [3.05, 3.63) is 21.9 Å². The van der Waals surface area contributed by atoms with Gasteiger partial charge in [-0.15, -0.1) is 11.3 Å². The van der Waals surface area contributed by atoms with Gasteiger partial charge in [-0.05, 0) is 43.9 Å². The molecule has 0 aliphatic heterocycles. The van der Waals surface area contributed by atoms with Crippen LogP contribution in [0, 0.1) is 12.3 Å². The number of hydrogen-bond acceptors (Lipinski definition) is 2. The molecule has 1 N–H and O–H groups in total. The van der Waals surface area contributed by atoms with Gasteiger partial charge < -0.3 is 5.32 Å². The molecular formula is C13H23NS. The Labute approximate surface area is 97.9 Å². The van der Waals surface area contributed by atoms with Crippen molar-refractivity contribution in [2.75, 3.05) is 13.1 Å². The summed E-state index contributed by atoms with van der Waals surface area (Å²) in [7, 11) is 0. The summed E-state index contributed by atoms with van der Waals surface area (Å²) in [4.78, 5) is 2.95. The van der Waals surface area contributed by atoms with Gasteiger partial charge in [0.25, 0.3) is 0 Å². The number of nitrogens with one attached hydrogen (secondary N) is 1. The van der Waals surface area contributed by atoms with Gasteiger partial charge in [0, 0.05) is 16.3 Å². The molecule has 1 aromatic rings. The summed E-state index contributed by atoms with van der Waals surface area (Å²) in [5.74, 6) is 0. The Morgan fingerprint density at radius 3 is 2.60 bits per heavy atom. The summed E-state index contributed by atoms with van der Waals surface area (Å²) >= 11 is 1.93. The van der Waals surface area contributed by atoms with Crippen LogP contribution < -0.4 is 5.32 Å². The topological polar surface area (TPSA) is 12.0 Å². The summed E-state index contributed by atoms with van der Waals surface area (Å²) < 4.78 is 0. The fourth-order valence-corrected chi connectivity index (χ4v) is 2.52. The van der Waals surface area contributed by atoms with Gasteiger partial charge in [-0.1, -0.05) is 20.8 Å². The maximum atomic E-state index is 3.43. The Balaban J connectivity index is 2.35. The van der Waals surface area contributed by atoms with E-state index in [4.69, 9.17) is 0 Å². The first-order chi connectivity index (χ1) is 7.03. The molecule has 0 atom stereocenters. The fourth-order valence-electron chi connectivity index (χ4n) is 1.63. The zero-order chi connectivity index (χ0) is 11.3. The number of hydrogen-bond donors (Lipinski definition) is 1. The van der Waals surface area contributed by atoms with Crippen molar-refractivity contribution in [2.45, 2.75) is 40.5 Å². The van der Waals surface area contributed by atoms with Crippen molar-refractivity contribution in [2.24, 2.45) is 5.41 Å². The third-order valence-corrected chi connectivity index (χ3v) is 3.76. The highest BCUT2D eigenvalue weighted by Gasteiger charge is 2.17. The van der Waals surface area contributed by atoms with Gasteiger partial charge in [0.15, 0.2) is 0 Å². The van der Waals surface area contributed by atoms with Crippen molar-refractivity contribution < 1.29 is 0 Å². The van der Waals surface area contributed by atoms with Crippen LogP contribution in [0.5, 0.6) is 0 Å². The maximum absolute atomic E-state index is 3.43. The lowest BCUT2D eigenvalue weighted by Gasteiger charge is -2.24. The number of aryl methyl sites for hydroxylation is 2. The van der Waals surface area contributed by atoms with Crippen LogP contribution in [0.15, 0.2) is 12.1 Å². The fraction of sp³-hybridized carbons (Fsp3) is 0.692. The summed E-state index contributed by atoms with van der Waals surface area (Å²) in [6.45, 7) is 11.2. The van der Waals surface area contributed by atoms with Gasteiger partial charge in [0.05, 0.1) is 0 Å². The smallest absolute Gasteiger partial charge is 0.00482 e. The second-order valence-electron chi connectivity index (χ2n) is 4.96. The van der Waals surface area contributed by atoms with Crippen LogP contribution in [-0.4, -0.2) is 13.1 Å². The van der Waals surface area contributed by atoms with Gasteiger partial charge in [0.1, 0.15) is 0 Å². The monoisotopic (exact) mass is 225 g/mol. The van der Waals surface area contributed by atoms with E-state index >= 15 is 0 Å². The van der Waals surface area contributed by atoms with Crippen molar-refractivity contribution in [1.82, 2.24) is 5.32 Å². The van der Waals surface area contributed by atoms with E-state index in [2.05, 4.69) is 45.1 Å². The Morgan fingerprint density at radius 2 is 2.07 bits per heavy atom. The molecule has 0 aliphatic rings. The molecular weight excluding hydrogens is 202 g/mol. The van der Waals surface area contributed by atoms with E-state index < -0.39 is 0 Å². The Morgan fingerprint density at radius 1 is 1.33 bits per heavy atom. The van der Waals surface area contributed by atoms with Crippen molar-refractivity contribution in [3.8, 4) is 0 Å². The molecule has 2 heteroatoms. The zero-order valence-corrected chi connectivity index (χ0v) is 11.2. The molecule has 0 saturated carbocycles. The second kappa shape index (κ2) is 5.66. The van der Waals surface area contributed by atoms with E-state index in [1.54, 1.807) is 0 Å². The normalized spacial score (nSPS) is 12.0. The van der Waals surface area contributed by atoms with E-state index in [-0.39, 0.29) is 0 Å². The van der Waals surface area contributed by atoms with E-state index in [1.807, 2.05) is 11.3 Å². The molecule has 0 radical (unpaired) electrons. The van der Waals surface area contributed by atoms with E-state index in [0.717, 1.165) is 13.1 Å². The molecule has 0 fully saturated rings. The van der Waals surface area contributed by atoms with Gasteiger partial charge in [0.2, 0.25) is 0 Å². The van der Waals surface area contributed by atoms with E-state index in [9.17, 15) is 0 Å². The minimum Gasteiger partial charge on any atom is -0.316 e.